The van der Waals surface area contributed by atoms with Gasteiger partial charge in [0.05, 0.1) is 31.4 Å². The van der Waals surface area contributed by atoms with E-state index in [2.05, 4.69) is 6.92 Å². The van der Waals surface area contributed by atoms with E-state index in [4.69, 9.17) is 15.2 Å². The summed E-state index contributed by atoms with van der Waals surface area (Å²) in [7, 11) is 1.58. The number of hydrogen-bond acceptors (Lipinski definition) is 4. The van der Waals surface area contributed by atoms with Gasteiger partial charge in [-0.25, -0.2) is 0 Å². The van der Waals surface area contributed by atoms with Crippen LogP contribution in [-0.4, -0.2) is 43.2 Å². The SMILES string of the molecule is CCC1COC(C)CN1C(=O)c1ccc(OC)cc1N. The van der Waals surface area contributed by atoms with Crippen LogP contribution in [0.3, 0.4) is 0 Å². The van der Waals surface area contributed by atoms with Gasteiger partial charge in [-0.3, -0.25) is 4.79 Å². The molecule has 2 atom stereocenters. The molecule has 1 aliphatic rings. The molecular formula is C15H22N2O3. The fourth-order valence-electron chi connectivity index (χ4n) is 2.45. The number of nitrogen functional groups attached to an aromatic ring is 1. The van der Waals surface area contributed by atoms with Crippen LogP contribution in [0.2, 0.25) is 0 Å². The molecule has 1 fully saturated rings. The van der Waals surface area contributed by atoms with Crippen molar-refractivity contribution in [2.24, 2.45) is 0 Å². The molecule has 110 valence electrons. The number of hydrogen-bond donors (Lipinski definition) is 1. The summed E-state index contributed by atoms with van der Waals surface area (Å²) in [6.45, 7) is 5.22. The Morgan fingerprint density at radius 2 is 2.30 bits per heavy atom. The van der Waals surface area contributed by atoms with Gasteiger partial charge in [-0.15, -0.1) is 0 Å². The maximum absolute atomic E-state index is 12.7. The van der Waals surface area contributed by atoms with Gasteiger partial charge in [-0.1, -0.05) is 6.92 Å². The van der Waals surface area contributed by atoms with E-state index in [1.165, 1.54) is 0 Å². The van der Waals surface area contributed by atoms with E-state index < -0.39 is 0 Å². The number of carbonyl (C=O) groups excluding carboxylic acids is 1. The third kappa shape index (κ3) is 2.88. The van der Waals surface area contributed by atoms with Crippen molar-refractivity contribution in [1.29, 1.82) is 0 Å². The molecule has 1 heterocycles. The molecule has 1 aliphatic heterocycles. The number of ether oxygens (including phenoxy) is 2. The molecule has 2 unspecified atom stereocenters. The molecule has 5 heteroatoms. The number of rotatable bonds is 3. The molecule has 2 rings (SSSR count). The smallest absolute Gasteiger partial charge is 0.256 e. The van der Waals surface area contributed by atoms with Gasteiger partial charge in [-0.2, -0.15) is 0 Å². The number of benzene rings is 1. The van der Waals surface area contributed by atoms with Crippen molar-refractivity contribution in [2.45, 2.75) is 32.4 Å². The standard InChI is InChI=1S/C15H22N2O3/c1-4-11-9-20-10(2)8-17(11)15(18)13-6-5-12(19-3)7-14(13)16/h5-7,10-11H,4,8-9,16H2,1-3H3. The molecule has 1 saturated heterocycles. The van der Waals surface area contributed by atoms with Crippen molar-refractivity contribution in [1.82, 2.24) is 4.90 Å². The first-order valence-electron chi connectivity index (χ1n) is 6.92. The Bertz CT molecular complexity index is 490. The van der Waals surface area contributed by atoms with Gasteiger partial charge in [0.15, 0.2) is 0 Å². The monoisotopic (exact) mass is 278 g/mol. The summed E-state index contributed by atoms with van der Waals surface area (Å²) in [5.74, 6) is 0.619. The molecule has 0 saturated carbocycles. The molecule has 0 spiro atoms. The summed E-state index contributed by atoms with van der Waals surface area (Å²) in [6.07, 6.45) is 0.926. The third-order valence-corrected chi connectivity index (χ3v) is 3.69. The first-order valence-corrected chi connectivity index (χ1v) is 6.92. The van der Waals surface area contributed by atoms with Gasteiger partial charge < -0.3 is 20.1 Å². The number of morpholine rings is 1. The molecule has 1 aromatic rings. The molecule has 20 heavy (non-hydrogen) atoms. The van der Waals surface area contributed by atoms with Crippen molar-refractivity contribution < 1.29 is 14.3 Å². The molecule has 1 aromatic carbocycles. The zero-order chi connectivity index (χ0) is 14.7. The quantitative estimate of drug-likeness (QED) is 0.858. The van der Waals surface area contributed by atoms with Crippen LogP contribution in [-0.2, 0) is 4.74 Å². The molecule has 0 aromatic heterocycles. The maximum atomic E-state index is 12.7. The second-order valence-electron chi connectivity index (χ2n) is 5.12. The van der Waals surface area contributed by atoms with Crippen LogP contribution in [0, 0.1) is 0 Å². The average molecular weight is 278 g/mol. The summed E-state index contributed by atoms with van der Waals surface area (Å²) >= 11 is 0. The first kappa shape index (κ1) is 14.7. The lowest BCUT2D eigenvalue weighted by atomic mass is 10.1. The van der Waals surface area contributed by atoms with Crippen LogP contribution < -0.4 is 10.5 Å². The van der Waals surface area contributed by atoms with Gasteiger partial charge in [0, 0.05) is 18.3 Å². The minimum atomic E-state index is -0.0350. The lowest BCUT2D eigenvalue weighted by Crippen LogP contribution is -2.51. The normalized spacial score (nSPS) is 22.6. The number of carbonyl (C=O) groups is 1. The highest BCUT2D eigenvalue weighted by molar-refractivity contribution is 5.99. The van der Waals surface area contributed by atoms with E-state index in [1.54, 1.807) is 25.3 Å². The third-order valence-electron chi connectivity index (χ3n) is 3.69. The minimum absolute atomic E-state index is 0.0350. The maximum Gasteiger partial charge on any atom is 0.256 e. The topological polar surface area (TPSA) is 64.8 Å². The Kier molecular flexibility index (Phi) is 4.49. The van der Waals surface area contributed by atoms with Crippen LogP contribution in [0.1, 0.15) is 30.6 Å². The molecule has 5 nitrogen and oxygen atoms in total. The van der Waals surface area contributed by atoms with Gasteiger partial charge in [0.1, 0.15) is 5.75 Å². The Balaban J connectivity index is 2.24. The highest BCUT2D eigenvalue weighted by Crippen LogP contribution is 2.24. The highest BCUT2D eigenvalue weighted by Gasteiger charge is 2.30. The molecule has 1 amide bonds. The average Bonchev–Trinajstić information content (AvgIpc) is 2.46. The zero-order valence-corrected chi connectivity index (χ0v) is 12.3. The highest BCUT2D eigenvalue weighted by atomic mass is 16.5. The molecule has 0 aliphatic carbocycles. The minimum Gasteiger partial charge on any atom is -0.497 e. The van der Waals surface area contributed by atoms with Gasteiger partial charge in [-0.05, 0) is 25.5 Å². The van der Waals surface area contributed by atoms with E-state index in [9.17, 15) is 4.79 Å². The molecular weight excluding hydrogens is 256 g/mol. The fraction of sp³-hybridized carbons (Fsp3) is 0.533. The Hall–Kier alpha value is -1.75. The second-order valence-corrected chi connectivity index (χ2v) is 5.12. The fourth-order valence-corrected chi connectivity index (χ4v) is 2.45. The van der Waals surface area contributed by atoms with Crippen molar-refractivity contribution in [3.63, 3.8) is 0 Å². The van der Waals surface area contributed by atoms with E-state index in [0.717, 1.165) is 6.42 Å². The Morgan fingerprint density at radius 3 is 2.90 bits per heavy atom. The van der Waals surface area contributed by atoms with Crippen LogP contribution >= 0.6 is 0 Å². The Labute approximate surface area is 119 Å². The summed E-state index contributed by atoms with van der Waals surface area (Å²) in [6, 6.07) is 5.27. The predicted octanol–water partition coefficient (Wildman–Crippen LogP) is 1.92. The van der Waals surface area contributed by atoms with Crippen molar-refractivity contribution >= 4 is 11.6 Å². The van der Waals surface area contributed by atoms with Crippen LogP contribution in [0.4, 0.5) is 5.69 Å². The number of methoxy groups -OCH3 is 1. The van der Waals surface area contributed by atoms with Crippen LogP contribution in [0.5, 0.6) is 5.75 Å². The summed E-state index contributed by atoms with van der Waals surface area (Å²) in [5, 5.41) is 0. The second kappa shape index (κ2) is 6.13. The van der Waals surface area contributed by atoms with E-state index in [0.29, 0.717) is 30.2 Å². The summed E-state index contributed by atoms with van der Waals surface area (Å²) in [5.41, 5.74) is 6.94. The van der Waals surface area contributed by atoms with Gasteiger partial charge >= 0.3 is 0 Å². The molecule has 0 radical (unpaired) electrons. The Morgan fingerprint density at radius 1 is 1.55 bits per heavy atom. The van der Waals surface area contributed by atoms with E-state index >= 15 is 0 Å². The number of nitrogens with two attached hydrogens (primary N) is 1. The zero-order valence-electron chi connectivity index (χ0n) is 12.3. The van der Waals surface area contributed by atoms with Crippen molar-refractivity contribution in [3.05, 3.63) is 23.8 Å². The molecule has 0 bridgehead atoms. The summed E-state index contributed by atoms with van der Waals surface area (Å²) < 4.78 is 10.7. The van der Waals surface area contributed by atoms with E-state index in [-0.39, 0.29) is 18.1 Å². The number of amides is 1. The first-order chi connectivity index (χ1) is 9.56. The van der Waals surface area contributed by atoms with E-state index in [1.807, 2.05) is 11.8 Å². The van der Waals surface area contributed by atoms with Gasteiger partial charge in [0.2, 0.25) is 0 Å². The lowest BCUT2D eigenvalue weighted by molar-refractivity contribution is -0.0443. The van der Waals surface area contributed by atoms with Crippen LogP contribution in [0.15, 0.2) is 18.2 Å². The summed E-state index contributed by atoms with van der Waals surface area (Å²) in [4.78, 5) is 14.6. The number of anilines is 1. The largest absolute Gasteiger partial charge is 0.497 e. The van der Waals surface area contributed by atoms with Crippen molar-refractivity contribution in [2.75, 3.05) is 26.0 Å². The van der Waals surface area contributed by atoms with Crippen LogP contribution in [0.25, 0.3) is 0 Å². The lowest BCUT2D eigenvalue weighted by Gasteiger charge is -2.38. The predicted molar refractivity (Wildman–Crippen MR) is 77.9 cm³/mol. The van der Waals surface area contributed by atoms with Gasteiger partial charge in [0.25, 0.3) is 5.91 Å². The van der Waals surface area contributed by atoms with Crippen molar-refractivity contribution in [3.8, 4) is 5.75 Å². The molecule has 2 N–H and O–H groups in total. The number of nitrogens with zero attached hydrogens (tertiary/aromatic N) is 1.